The van der Waals surface area contributed by atoms with Crippen LogP contribution in [-0.2, 0) is 20.7 Å². The molecule has 0 saturated carbocycles. The second-order valence-electron chi connectivity index (χ2n) is 3.70. The van der Waals surface area contributed by atoms with Crippen LogP contribution in [0.1, 0.15) is 12.5 Å². The van der Waals surface area contributed by atoms with Crippen molar-refractivity contribution in [2.24, 2.45) is 5.92 Å². The van der Waals surface area contributed by atoms with Gasteiger partial charge in [-0.1, -0.05) is 12.1 Å². The van der Waals surface area contributed by atoms with E-state index in [1.54, 1.807) is 38.3 Å². The zero-order valence-corrected chi connectivity index (χ0v) is 10.4. The van der Waals surface area contributed by atoms with Gasteiger partial charge >= 0.3 is 11.9 Å². The van der Waals surface area contributed by atoms with Crippen molar-refractivity contribution in [2.75, 3.05) is 13.7 Å². The van der Waals surface area contributed by atoms with Gasteiger partial charge in [0.05, 0.1) is 13.7 Å². The quantitative estimate of drug-likeness (QED) is 0.613. The first-order valence-corrected chi connectivity index (χ1v) is 5.60. The van der Waals surface area contributed by atoms with E-state index >= 15 is 0 Å². The van der Waals surface area contributed by atoms with Crippen molar-refractivity contribution < 1.29 is 24.2 Å². The van der Waals surface area contributed by atoms with Crippen molar-refractivity contribution >= 4 is 11.9 Å². The molecular weight excluding hydrogens is 236 g/mol. The minimum absolute atomic E-state index is 0.109. The van der Waals surface area contributed by atoms with Crippen molar-refractivity contribution in [2.45, 2.75) is 13.3 Å². The van der Waals surface area contributed by atoms with Crippen LogP contribution < -0.4 is 4.74 Å². The van der Waals surface area contributed by atoms with Crippen LogP contribution in [0.2, 0.25) is 0 Å². The highest BCUT2D eigenvalue weighted by molar-refractivity contribution is 5.94. The third-order valence-corrected chi connectivity index (χ3v) is 2.47. The fraction of sp³-hybridized carbons (Fsp3) is 0.385. The van der Waals surface area contributed by atoms with Crippen molar-refractivity contribution in [1.29, 1.82) is 0 Å². The molecule has 0 saturated heterocycles. The molecule has 0 aliphatic carbocycles. The molecule has 1 atom stereocenters. The lowest BCUT2D eigenvalue weighted by atomic mass is 9.99. The van der Waals surface area contributed by atoms with Crippen LogP contribution in [0.3, 0.4) is 0 Å². The number of benzene rings is 1. The number of esters is 1. The van der Waals surface area contributed by atoms with E-state index in [2.05, 4.69) is 0 Å². The van der Waals surface area contributed by atoms with E-state index in [1.165, 1.54) is 0 Å². The van der Waals surface area contributed by atoms with Gasteiger partial charge in [0.25, 0.3) is 0 Å². The van der Waals surface area contributed by atoms with E-state index in [0.717, 1.165) is 5.56 Å². The fourth-order valence-electron chi connectivity index (χ4n) is 1.51. The number of carbonyl (C=O) groups excluding carboxylic acids is 1. The summed E-state index contributed by atoms with van der Waals surface area (Å²) in [5, 5.41) is 9.01. The number of ether oxygens (including phenoxy) is 2. The van der Waals surface area contributed by atoms with Gasteiger partial charge in [-0.3, -0.25) is 9.59 Å². The van der Waals surface area contributed by atoms with Crippen LogP contribution in [0.25, 0.3) is 0 Å². The molecule has 1 aromatic carbocycles. The summed E-state index contributed by atoms with van der Waals surface area (Å²) in [6, 6.07) is 6.90. The first-order chi connectivity index (χ1) is 8.58. The highest BCUT2D eigenvalue weighted by Crippen LogP contribution is 2.15. The van der Waals surface area contributed by atoms with Crippen LogP contribution >= 0.6 is 0 Å². The third kappa shape index (κ3) is 3.76. The van der Waals surface area contributed by atoms with E-state index in [0.29, 0.717) is 5.75 Å². The first kappa shape index (κ1) is 14.0. The largest absolute Gasteiger partial charge is 0.497 e. The number of hydrogen-bond donors (Lipinski definition) is 1. The molecular formula is C13H16O5. The SMILES string of the molecule is CCOC(=O)[C@H](Cc1ccc(OC)cc1)C(=O)O. The van der Waals surface area contributed by atoms with Crippen molar-refractivity contribution in [3.05, 3.63) is 29.8 Å². The standard InChI is InChI=1S/C13H16O5/c1-3-18-13(16)11(12(14)15)8-9-4-6-10(17-2)7-5-9/h4-7,11H,3,8H2,1-2H3,(H,14,15)/t11-/m1/s1. The van der Waals surface area contributed by atoms with Crippen molar-refractivity contribution in [3.8, 4) is 5.75 Å². The molecule has 18 heavy (non-hydrogen) atoms. The predicted molar refractivity (Wildman–Crippen MR) is 64.5 cm³/mol. The molecule has 0 spiro atoms. The molecule has 1 rings (SSSR count). The van der Waals surface area contributed by atoms with Crippen LogP contribution in [0.4, 0.5) is 0 Å². The molecule has 1 N–H and O–H groups in total. The van der Waals surface area contributed by atoms with Gasteiger partial charge in [0.2, 0.25) is 0 Å². The predicted octanol–water partition coefficient (Wildman–Crippen LogP) is 1.50. The Bertz CT molecular complexity index is 410. The maximum absolute atomic E-state index is 11.5. The van der Waals surface area contributed by atoms with E-state index in [1.807, 2.05) is 0 Å². The van der Waals surface area contributed by atoms with Crippen LogP contribution in [-0.4, -0.2) is 30.8 Å². The van der Waals surface area contributed by atoms with Crippen molar-refractivity contribution in [3.63, 3.8) is 0 Å². The highest BCUT2D eigenvalue weighted by atomic mass is 16.5. The number of hydrogen-bond acceptors (Lipinski definition) is 4. The Morgan fingerprint density at radius 3 is 2.33 bits per heavy atom. The van der Waals surface area contributed by atoms with E-state index in [9.17, 15) is 9.59 Å². The van der Waals surface area contributed by atoms with Crippen LogP contribution in [0.5, 0.6) is 5.75 Å². The van der Waals surface area contributed by atoms with Gasteiger partial charge in [-0.25, -0.2) is 0 Å². The number of rotatable bonds is 6. The molecule has 5 nitrogen and oxygen atoms in total. The molecule has 98 valence electrons. The summed E-state index contributed by atoms with van der Waals surface area (Å²) >= 11 is 0. The number of carboxylic acid groups (broad SMARTS) is 1. The summed E-state index contributed by atoms with van der Waals surface area (Å²) in [5.74, 6) is -2.37. The fourth-order valence-corrected chi connectivity index (χ4v) is 1.51. The Morgan fingerprint density at radius 2 is 1.89 bits per heavy atom. The van der Waals surface area contributed by atoms with Crippen LogP contribution in [0.15, 0.2) is 24.3 Å². The number of carbonyl (C=O) groups is 2. The van der Waals surface area contributed by atoms with E-state index in [-0.39, 0.29) is 13.0 Å². The second-order valence-corrected chi connectivity index (χ2v) is 3.70. The lowest BCUT2D eigenvalue weighted by Gasteiger charge is -2.11. The Labute approximate surface area is 105 Å². The van der Waals surface area contributed by atoms with Crippen molar-refractivity contribution in [1.82, 2.24) is 0 Å². The Hall–Kier alpha value is -2.04. The molecule has 0 unspecified atom stereocenters. The highest BCUT2D eigenvalue weighted by Gasteiger charge is 2.27. The van der Waals surface area contributed by atoms with Gasteiger partial charge in [0, 0.05) is 0 Å². The number of carboxylic acids is 1. The van der Waals surface area contributed by atoms with E-state index < -0.39 is 17.9 Å². The van der Waals surface area contributed by atoms with Gasteiger partial charge < -0.3 is 14.6 Å². The second kappa shape index (κ2) is 6.64. The summed E-state index contributed by atoms with van der Waals surface area (Å²) in [4.78, 5) is 22.5. The molecule has 0 aliphatic rings. The van der Waals surface area contributed by atoms with Gasteiger partial charge in [-0.2, -0.15) is 0 Å². The van der Waals surface area contributed by atoms with Gasteiger partial charge in [-0.05, 0) is 31.0 Å². The zero-order valence-electron chi connectivity index (χ0n) is 10.4. The number of methoxy groups -OCH3 is 1. The van der Waals surface area contributed by atoms with Gasteiger partial charge in [0.1, 0.15) is 5.75 Å². The minimum Gasteiger partial charge on any atom is -0.497 e. The normalized spacial score (nSPS) is 11.7. The lowest BCUT2D eigenvalue weighted by molar-refractivity contribution is -0.158. The monoisotopic (exact) mass is 252 g/mol. The zero-order chi connectivity index (χ0) is 13.5. The molecule has 0 bridgehead atoms. The van der Waals surface area contributed by atoms with E-state index in [4.69, 9.17) is 14.6 Å². The summed E-state index contributed by atoms with van der Waals surface area (Å²) in [5.41, 5.74) is 0.747. The molecule has 1 aromatic rings. The molecule has 0 aromatic heterocycles. The summed E-state index contributed by atoms with van der Waals surface area (Å²) in [6.07, 6.45) is 0.109. The molecule has 5 heteroatoms. The molecule has 0 heterocycles. The third-order valence-electron chi connectivity index (χ3n) is 2.47. The molecule has 0 fully saturated rings. The van der Waals surface area contributed by atoms with Gasteiger partial charge in [-0.15, -0.1) is 0 Å². The Morgan fingerprint density at radius 1 is 1.28 bits per heavy atom. The Balaban J connectivity index is 2.76. The first-order valence-electron chi connectivity index (χ1n) is 5.60. The molecule has 0 amide bonds. The van der Waals surface area contributed by atoms with Crippen LogP contribution in [0, 0.1) is 5.92 Å². The molecule has 0 aliphatic heterocycles. The van der Waals surface area contributed by atoms with Gasteiger partial charge in [0.15, 0.2) is 5.92 Å². The topological polar surface area (TPSA) is 72.8 Å². The summed E-state index contributed by atoms with van der Waals surface area (Å²) in [6.45, 7) is 1.81. The minimum atomic E-state index is -1.18. The Kier molecular flexibility index (Phi) is 5.17. The smallest absolute Gasteiger partial charge is 0.320 e. The molecule has 0 radical (unpaired) electrons. The maximum atomic E-state index is 11.5. The number of aliphatic carboxylic acids is 1. The average Bonchev–Trinajstić information content (AvgIpc) is 2.36. The average molecular weight is 252 g/mol. The summed E-state index contributed by atoms with van der Waals surface area (Å²) in [7, 11) is 1.55. The lowest BCUT2D eigenvalue weighted by Crippen LogP contribution is -2.27. The summed E-state index contributed by atoms with van der Waals surface area (Å²) < 4.78 is 9.74. The maximum Gasteiger partial charge on any atom is 0.320 e.